The van der Waals surface area contributed by atoms with E-state index in [9.17, 15) is 0 Å². The van der Waals surface area contributed by atoms with Crippen molar-refractivity contribution in [2.75, 3.05) is 0 Å². The minimum Gasteiger partial charge on any atom is -0.296 e. The van der Waals surface area contributed by atoms with Crippen LogP contribution in [-0.2, 0) is 6.37 Å². The Morgan fingerprint density at radius 3 is 1.79 bits per heavy atom. The molecule has 222 valence electrons. The molecule has 2 nitrogen and oxygen atoms in total. The van der Waals surface area contributed by atoms with E-state index in [2.05, 4.69) is 17.1 Å². The van der Waals surface area contributed by atoms with E-state index in [4.69, 9.17) is 13.7 Å². The van der Waals surface area contributed by atoms with Crippen molar-refractivity contribution in [3.63, 3.8) is 0 Å². The number of aromatic nitrogens is 2. The average molecular weight is 611 g/mol. The van der Waals surface area contributed by atoms with Crippen molar-refractivity contribution < 1.29 is 13.7 Å². The maximum Gasteiger partial charge on any atom is 0.114 e. The molecule has 0 fully saturated rings. The van der Waals surface area contributed by atoms with Gasteiger partial charge in [-0.2, -0.15) is 0 Å². The number of benzene rings is 8. The lowest BCUT2D eigenvalue weighted by Crippen LogP contribution is -2.01. The molecule has 1 heterocycles. The third-order valence-electron chi connectivity index (χ3n) is 8.98. The van der Waals surface area contributed by atoms with Gasteiger partial charge in [0.1, 0.15) is 5.82 Å². The second-order valence-electron chi connectivity index (χ2n) is 11.4. The first kappa shape index (κ1) is 18.9. The third-order valence-corrected chi connectivity index (χ3v) is 8.98. The molecular weight excluding hydrogens is 569 g/mol. The number of para-hydroxylation sites is 2. The predicted molar refractivity (Wildman–Crippen MR) is 199 cm³/mol. The summed E-state index contributed by atoms with van der Waals surface area (Å²) in [6.45, 7) is -2.98. The Hall–Kier alpha value is -5.99. The van der Waals surface area contributed by atoms with Gasteiger partial charge in [-0.05, 0) is 78.5 Å². The molecule has 0 amide bonds. The molecule has 0 saturated heterocycles. The second-order valence-corrected chi connectivity index (χ2v) is 11.4. The van der Waals surface area contributed by atoms with Gasteiger partial charge in [0.05, 0.1) is 23.6 Å². The van der Waals surface area contributed by atoms with Crippen LogP contribution in [0.1, 0.15) is 26.4 Å². The van der Waals surface area contributed by atoms with Crippen LogP contribution in [0.5, 0.6) is 0 Å². The maximum atomic E-state index is 8.85. The van der Waals surface area contributed by atoms with Crippen LogP contribution in [0.3, 0.4) is 0 Å². The molecule has 1 aromatic heterocycles. The summed E-state index contributed by atoms with van der Waals surface area (Å²) >= 11 is 0. The zero-order valence-corrected chi connectivity index (χ0v) is 25.1. The van der Waals surface area contributed by atoms with E-state index in [0.29, 0.717) is 22.3 Å². The molecule has 0 aliphatic carbocycles. The van der Waals surface area contributed by atoms with Gasteiger partial charge in [0.25, 0.3) is 0 Å². The van der Waals surface area contributed by atoms with Crippen molar-refractivity contribution in [1.29, 1.82) is 0 Å². The number of nitrogens with zero attached hydrogens (tertiary/aromatic N) is 2. The zero-order valence-electron chi connectivity index (χ0n) is 35.1. The fraction of sp³-hybridized carbons (Fsp3) is 0.0444. The minimum absolute atomic E-state index is 0.129. The molecule has 0 bridgehead atoms. The highest BCUT2D eigenvalue weighted by Gasteiger charge is 2.21. The van der Waals surface area contributed by atoms with Crippen molar-refractivity contribution in [2.45, 2.75) is 13.2 Å². The Morgan fingerprint density at radius 1 is 0.553 bits per heavy atom. The van der Waals surface area contributed by atoms with Gasteiger partial charge in [0, 0.05) is 18.6 Å². The van der Waals surface area contributed by atoms with Crippen molar-refractivity contribution in [3.8, 4) is 39.1 Å². The Morgan fingerprint density at radius 2 is 1.11 bits per heavy atom. The fourth-order valence-corrected chi connectivity index (χ4v) is 7.06. The summed E-state index contributed by atoms with van der Waals surface area (Å²) in [6.07, 6.45) is -2.76. The van der Waals surface area contributed by atoms with Crippen molar-refractivity contribution in [1.82, 2.24) is 9.55 Å². The van der Waals surface area contributed by atoms with E-state index in [1.54, 1.807) is 22.8 Å². The van der Waals surface area contributed by atoms with Crippen LogP contribution < -0.4 is 0 Å². The maximum absolute atomic E-state index is 8.85. The van der Waals surface area contributed by atoms with Crippen LogP contribution in [0.2, 0.25) is 0 Å². The van der Waals surface area contributed by atoms with Crippen molar-refractivity contribution in [2.24, 2.45) is 0 Å². The molecule has 0 radical (unpaired) electrons. The van der Waals surface area contributed by atoms with Crippen LogP contribution in [0.15, 0.2) is 164 Å². The minimum atomic E-state index is -2.98. The highest BCUT2D eigenvalue weighted by molar-refractivity contribution is 6.24. The normalized spacial score (nSPS) is 15.2. The largest absolute Gasteiger partial charge is 0.296 e. The first-order chi connectivity index (χ1) is 27.3. The Labute approximate surface area is 288 Å². The van der Waals surface area contributed by atoms with Gasteiger partial charge in [0.15, 0.2) is 0 Å². The summed E-state index contributed by atoms with van der Waals surface area (Å²) in [5.41, 5.74) is 5.72. The SMILES string of the molecule is [2H]c1c([2H])c([2H])c(-c2ccccc2-c2c3ccccc3c(-c3ccc(-n4c(C([2H])([2H])C([2H])([2H])[2H])nc5ccccc54)c4ccccc34)c3ccccc23)c([2H])c1[2H]. The van der Waals surface area contributed by atoms with Crippen LogP contribution in [0.4, 0.5) is 0 Å². The molecule has 0 aliphatic rings. The predicted octanol–water partition coefficient (Wildman–Crippen LogP) is 12.0. The van der Waals surface area contributed by atoms with Gasteiger partial charge in [0.2, 0.25) is 0 Å². The topological polar surface area (TPSA) is 17.8 Å². The molecule has 9 aromatic rings. The Balaban J connectivity index is 1.36. The molecule has 0 saturated carbocycles. The molecule has 8 aromatic carbocycles. The number of aryl methyl sites for hydroxylation is 1. The van der Waals surface area contributed by atoms with Gasteiger partial charge in [-0.15, -0.1) is 0 Å². The van der Waals surface area contributed by atoms with Crippen LogP contribution in [0, 0.1) is 0 Å². The monoisotopic (exact) mass is 610 g/mol. The van der Waals surface area contributed by atoms with Gasteiger partial charge in [-0.1, -0.05) is 152 Å². The lowest BCUT2D eigenvalue weighted by molar-refractivity contribution is 0.913. The van der Waals surface area contributed by atoms with Gasteiger partial charge in [-0.3, -0.25) is 4.57 Å². The van der Waals surface area contributed by atoms with Crippen LogP contribution >= 0.6 is 0 Å². The Kier molecular flexibility index (Phi) is 4.46. The van der Waals surface area contributed by atoms with Crippen molar-refractivity contribution in [3.05, 3.63) is 169 Å². The van der Waals surface area contributed by atoms with Gasteiger partial charge >= 0.3 is 0 Å². The average Bonchev–Trinajstić information content (AvgIpc) is 3.61. The lowest BCUT2D eigenvalue weighted by Gasteiger charge is -2.21. The van der Waals surface area contributed by atoms with E-state index >= 15 is 0 Å². The van der Waals surface area contributed by atoms with Crippen molar-refractivity contribution >= 4 is 43.4 Å². The smallest absolute Gasteiger partial charge is 0.114 e. The second kappa shape index (κ2) is 11.1. The fourth-order valence-electron chi connectivity index (χ4n) is 7.06. The van der Waals surface area contributed by atoms with E-state index in [-0.39, 0.29) is 23.5 Å². The lowest BCUT2D eigenvalue weighted by atomic mass is 9.83. The first-order valence-electron chi connectivity index (χ1n) is 20.4. The zero-order chi connectivity index (χ0) is 40.0. The molecule has 47 heavy (non-hydrogen) atoms. The summed E-state index contributed by atoms with van der Waals surface area (Å²) in [6, 6.07) is 40.6. The Bertz CT molecular complexity index is 3020. The molecule has 0 unspecified atom stereocenters. The van der Waals surface area contributed by atoms with E-state index in [1.165, 1.54) is 0 Å². The number of rotatable bonds is 5. The number of hydrogen-bond acceptors (Lipinski definition) is 1. The standard InChI is InChI=1S/C45H32N2/c1-2-43-46-40-26-14-15-27-42(40)47(43)41-29-28-39(32-19-7-8-20-33(32)41)45-37-24-12-10-22-35(37)44(36-23-11-13-25-38(36)45)34-21-9-6-18-31(34)30-16-4-3-5-17-30/h3-29H,2H2,1H3/i1D3,2D2,3D,4D,5D,16D,17D. The quantitative estimate of drug-likeness (QED) is 0.177. The summed E-state index contributed by atoms with van der Waals surface area (Å²) in [4.78, 5) is 4.56. The van der Waals surface area contributed by atoms with Gasteiger partial charge in [-0.25, -0.2) is 4.98 Å². The third kappa shape index (κ3) is 4.30. The molecule has 2 heteroatoms. The summed E-state index contributed by atoms with van der Waals surface area (Å²) in [5, 5.41) is 5.26. The molecule has 0 aliphatic heterocycles. The van der Waals surface area contributed by atoms with E-state index in [0.717, 1.165) is 54.6 Å². The van der Waals surface area contributed by atoms with Gasteiger partial charge < -0.3 is 0 Å². The molecule has 0 N–H and O–H groups in total. The summed E-state index contributed by atoms with van der Waals surface area (Å²) in [5.74, 6) is -0.209. The first-order valence-corrected chi connectivity index (χ1v) is 15.4. The molecular formula is C45H32N2. The van der Waals surface area contributed by atoms with Crippen LogP contribution in [-0.4, -0.2) is 9.55 Å². The number of imidazole rings is 1. The number of hydrogen-bond donors (Lipinski definition) is 0. The highest BCUT2D eigenvalue weighted by Crippen LogP contribution is 2.47. The summed E-state index contributed by atoms with van der Waals surface area (Å²) < 4.78 is 86.3. The molecule has 9 rings (SSSR count). The molecule has 0 spiro atoms. The highest BCUT2D eigenvalue weighted by atomic mass is 15.1. The summed E-state index contributed by atoms with van der Waals surface area (Å²) in [7, 11) is 0. The van der Waals surface area contributed by atoms with Crippen LogP contribution in [0.25, 0.3) is 82.4 Å². The number of fused-ring (bicyclic) bond motifs is 4. The van der Waals surface area contributed by atoms with E-state index in [1.807, 2.05) is 103 Å². The molecule has 0 atom stereocenters. The van der Waals surface area contributed by atoms with E-state index < -0.39 is 31.4 Å².